The maximum absolute atomic E-state index is 13.5. The molecular formula is C19H15FN6O3S. The van der Waals surface area contributed by atoms with E-state index in [0.29, 0.717) is 16.6 Å². The van der Waals surface area contributed by atoms with Crippen LogP contribution >= 0.6 is 11.8 Å². The van der Waals surface area contributed by atoms with Crippen LogP contribution in [0.1, 0.15) is 12.7 Å². The number of aromatic nitrogens is 4. The highest BCUT2D eigenvalue weighted by Crippen LogP contribution is 2.28. The van der Waals surface area contributed by atoms with Crippen molar-refractivity contribution in [2.45, 2.75) is 24.3 Å². The Morgan fingerprint density at radius 1 is 1.27 bits per heavy atom. The second-order valence-electron chi connectivity index (χ2n) is 6.48. The first-order chi connectivity index (χ1) is 14.3. The first-order valence-electron chi connectivity index (χ1n) is 8.87. The summed E-state index contributed by atoms with van der Waals surface area (Å²) in [4.78, 5) is 31.7. The van der Waals surface area contributed by atoms with Crippen LogP contribution in [0.3, 0.4) is 0 Å². The molecule has 0 unspecified atom stereocenters. The van der Waals surface area contributed by atoms with Gasteiger partial charge in [0.25, 0.3) is 0 Å². The molecule has 0 aliphatic heterocycles. The van der Waals surface area contributed by atoms with Crippen LogP contribution in [-0.2, 0) is 4.79 Å². The van der Waals surface area contributed by atoms with E-state index in [0.717, 1.165) is 23.0 Å². The molecule has 0 fully saturated rings. The van der Waals surface area contributed by atoms with Crippen LogP contribution in [0, 0.1) is 22.9 Å². The Bertz CT molecular complexity index is 1310. The third-order valence-electron chi connectivity index (χ3n) is 4.32. The molecule has 0 aliphatic rings. The lowest BCUT2D eigenvalue weighted by Crippen LogP contribution is -2.23. The van der Waals surface area contributed by atoms with Gasteiger partial charge in [-0.25, -0.2) is 9.97 Å². The van der Waals surface area contributed by atoms with Gasteiger partial charge in [0.1, 0.15) is 5.82 Å². The Morgan fingerprint density at radius 3 is 2.80 bits per heavy atom. The molecule has 9 nitrogen and oxygen atoms in total. The van der Waals surface area contributed by atoms with Crippen LogP contribution in [0.5, 0.6) is 0 Å². The maximum Gasteiger partial charge on any atom is 0.306 e. The van der Waals surface area contributed by atoms with Crippen molar-refractivity contribution in [3.8, 4) is 0 Å². The van der Waals surface area contributed by atoms with Crippen LogP contribution in [0.25, 0.3) is 16.6 Å². The van der Waals surface area contributed by atoms with E-state index in [-0.39, 0.29) is 5.69 Å². The number of thioether (sulfide) groups is 1. The van der Waals surface area contributed by atoms with E-state index in [1.165, 1.54) is 17.8 Å². The van der Waals surface area contributed by atoms with Crippen molar-refractivity contribution in [2.75, 3.05) is 5.32 Å². The van der Waals surface area contributed by atoms with Crippen molar-refractivity contribution in [3.63, 3.8) is 0 Å². The fraction of sp³-hybridized carbons (Fsp3) is 0.158. The van der Waals surface area contributed by atoms with Gasteiger partial charge in [-0.2, -0.15) is 8.91 Å². The van der Waals surface area contributed by atoms with E-state index in [1.807, 2.05) is 24.3 Å². The summed E-state index contributed by atoms with van der Waals surface area (Å²) in [7, 11) is 0. The van der Waals surface area contributed by atoms with Crippen molar-refractivity contribution < 1.29 is 14.1 Å². The fourth-order valence-electron chi connectivity index (χ4n) is 2.90. The van der Waals surface area contributed by atoms with Gasteiger partial charge in [-0.3, -0.25) is 14.9 Å². The molecule has 1 amide bonds. The number of hydrogen-bond donors (Lipinski definition) is 1. The van der Waals surface area contributed by atoms with Crippen molar-refractivity contribution in [1.29, 1.82) is 0 Å². The normalized spacial score (nSPS) is 12.2. The Kier molecular flexibility index (Phi) is 5.04. The lowest BCUT2D eigenvalue weighted by Gasteiger charge is -2.13. The van der Waals surface area contributed by atoms with E-state index >= 15 is 0 Å². The van der Waals surface area contributed by atoms with E-state index in [2.05, 4.69) is 20.4 Å². The van der Waals surface area contributed by atoms with Crippen molar-refractivity contribution >= 4 is 45.6 Å². The monoisotopic (exact) mass is 426 g/mol. The molecule has 2 aromatic heterocycles. The predicted molar refractivity (Wildman–Crippen MR) is 110 cm³/mol. The lowest BCUT2D eigenvalue weighted by atomic mass is 10.2. The standard InChI is InChI=1S/C19H15FN6O3S/c1-10(18(27)22-12-7-8-14(20)16(9-12)26(28)29)30-19-23-15-6-4-3-5-13(15)17-21-11(2)24-25(17)19/h3-10H,1-2H3,(H,22,27)/t10-/m0/s1. The number of para-hydroxylation sites is 1. The average molecular weight is 426 g/mol. The Labute approximate surface area is 173 Å². The summed E-state index contributed by atoms with van der Waals surface area (Å²) in [6.45, 7) is 3.44. The topological polar surface area (TPSA) is 115 Å². The van der Waals surface area contributed by atoms with E-state index in [4.69, 9.17) is 0 Å². The number of fused-ring (bicyclic) bond motifs is 3. The van der Waals surface area contributed by atoms with Crippen molar-refractivity contribution in [3.05, 3.63) is 64.2 Å². The predicted octanol–water partition coefficient (Wildman–Crippen LogP) is 3.75. The van der Waals surface area contributed by atoms with Crippen LogP contribution < -0.4 is 5.32 Å². The van der Waals surface area contributed by atoms with E-state index in [1.54, 1.807) is 18.4 Å². The van der Waals surface area contributed by atoms with Gasteiger partial charge in [0.2, 0.25) is 11.7 Å². The third kappa shape index (κ3) is 3.66. The Balaban J connectivity index is 1.61. The highest BCUT2D eigenvalue weighted by Gasteiger charge is 2.21. The number of nitro benzene ring substituents is 1. The van der Waals surface area contributed by atoms with Gasteiger partial charge < -0.3 is 5.32 Å². The fourth-order valence-corrected chi connectivity index (χ4v) is 3.76. The molecule has 0 aliphatic carbocycles. The maximum atomic E-state index is 13.5. The number of amides is 1. The lowest BCUT2D eigenvalue weighted by molar-refractivity contribution is -0.387. The molecule has 1 atom stereocenters. The number of halogens is 1. The van der Waals surface area contributed by atoms with Crippen LogP contribution in [0.4, 0.5) is 15.8 Å². The SMILES string of the molecule is Cc1nc2c3ccccc3nc(S[C@@H](C)C(=O)Nc3ccc(F)c([N+](=O)[O-])c3)n2n1. The number of anilines is 1. The zero-order valence-corrected chi connectivity index (χ0v) is 16.7. The molecule has 0 saturated carbocycles. The molecule has 2 heterocycles. The van der Waals surface area contributed by atoms with Gasteiger partial charge in [0, 0.05) is 17.1 Å². The minimum absolute atomic E-state index is 0.133. The second-order valence-corrected chi connectivity index (χ2v) is 7.79. The number of nitro groups is 1. The molecule has 2 aromatic carbocycles. The van der Waals surface area contributed by atoms with Crippen molar-refractivity contribution in [1.82, 2.24) is 19.6 Å². The minimum Gasteiger partial charge on any atom is -0.325 e. The van der Waals surface area contributed by atoms with Gasteiger partial charge >= 0.3 is 5.69 Å². The van der Waals surface area contributed by atoms with Gasteiger partial charge in [0.05, 0.1) is 15.7 Å². The number of nitrogens with one attached hydrogen (secondary N) is 1. The summed E-state index contributed by atoms with van der Waals surface area (Å²) in [6, 6.07) is 10.7. The Hall–Kier alpha value is -3.60. The molecule has 0 radical (unpaired) electrons. The molecule has 4 aromatic rings. The molecule has 30 heavy (non-hydrogen) atoms. The average Bonchev–Trinajstić information content (AvgIpc) is 3.11. The summed E-state index contributed by atoms with van der Waals surface area (Å²) in [5.74, 6) is -0.809. The zero-order chi connectivity index (χ0) is 21.4. The molecular weight excluding hydrogens is 411 g/mol. The Morgan fingerprint density at radius 2 is 2.03 bits per heavy atom. The molecule has 4 rings (SSSR count). The second kappa shape index (κ2) is 7.67. The number of carbonyl (C=O) groups is 1. The van der Waals surface area contributed by atoms with E-state index < -0.39 is 27.6 Å². The summed E-state index contributed by atoms with van der Waals surface area (Å²) in [6.07, 6.45) is 0. The highest BCUT2D eigenvalue weighted by molar-refractivity contribution is 8.00. The van der Waals surface area contributed by atoms with Crippen LogP contribution in [-0.4, -0.2) is 35.7 Å². The quantitative estimate of drug-likeness (QED) is 0.224. The summed E-state index contributed by atoms with van der Waals surface area (Å²) in [5.41, 5.74) is 0.793. The van der Waals surface area contributed by atoms with Crippen molar-refractivity contribution in [2.24, 2.45) is 0 Å². The zero-order valence-electron chi connectivity index (χ0n) is 15.9. The van der Waals surface area contributed by atoms with Gasteiger partial charge in [-0.15, -0.1) is 5.10 Å². The number of hydrogen-bond acceptors (Lipinski definition) is 7. The number of aryl methyl sites for hydroxylation is 1. The smallest absolute Gasteiger partial charge is 0.306 e. The summed E-state index contributed by atoms with van der Waals surface area (Å²) >= 11 is 1.17. The molecule has 152 valence electrons. The number of carbonyl (C=O) groups excluding carboxylic acids is 1. The molecule has 0 spiro atoms. The van der Waals surface area contributed by atoms with Crippen LogP contribution in [0.2, 0.25) is 0 Å². The van der Waals surface area contributed by atoms with Gasteiger partial charge in [-0.1, -0.05) is 23.9 Å². The molecule has 0 bridgehead atoms. The van der Waals surface area contributed by atoms with Crippen LogP contribution in [0.15, 0.2) is 47.6 Å². The largest absolute Gasteiger partial charge is 0.325 e. The van der Waals surface area contributed by atoms with Gasteiger partial charge in [0.15, 0.2) is 10.8 Å². The van der Waals surface area contributed by atoms with E-state index in [9.17, 15) is 19.3 Å². The first kappa shape index (κ1) is 19.7. The number of rotatable bonds is 5. The first-order valence-corrected chi connectivity index (χ1v) is 9.75. The van der Waals surface area contributed by atoms with Gasteiger partial charge in [-0.05, 0) is 38.1 Å². The number of benzene rings is 2. The highest BCUT2D eigenvalue weighted by atomic mass is 32.2. The summed E-state index contributed by atoms with van der Waals surface area (Å²) < 4.78 is 15.1. The third-order valence-corrected chi connectivity index (χ3v) is 5.36. The molecule has 0 saturated heterocycles. The number of nitrogens with zero attached hydrogens (tertiary/aromatic N) is 5. The minimum atomic E-state index is -0.968. The summed E-state index contributed by atoms with van der Waals surface area (Å²) in [5, 5.41) is 18.6. The molecule has 1 N–H and O–H groups in total. The molecule has 11 heteroatoms.